The molecule has 2 fully saturated rings. The Morgan fingerprint density at radius 3 is 2.49 bits per heavy atom. The predicted molar refractivity (Wildman–Crippen MR) is 129 cm³/mol. The van der Waals surface area contributed by atoms with E-state index in [0.717, 1.165) is 50.0 Å². The average molecular weight is 483 g/mol. The van der Waals surface area contributed by atoms with Crippen LogP contribution in [0.3, 0.4) is 0 Å². The maximum atomic E-state index is 13.4. The highest BCUT2D eigenvalue weighted by Gasteiger charge is 2.34. The Hall–Kier alpha value is -3.43. The number of aryl methyl sites for hydroxylation is 1. The second kappa shape index (κ2) is 11.3. The van der Waals surface area contributed by atoms with E-state index in [9.17, 15) is 14.4 Å². The number of amides is 3. The fraction of sp³-hybridized carbons (Fsp3) is 0.560. The number of carbonyl (C=O) groups is 3. The summed E-state index contributed by atoms with van der Waals surface area (Å²) in [6.07, 6.45) is 7.99. The van der Waals surface area contributed by atoms with E-state index < -0.39 is 5.97 Å². The topological polar surface area (TPSA) is 121 Å². The van der Waals surface area contributed by atoms with E-state index in [1.54, 1.807) is 33.8 Å². The van der Waals surface area contributed by atoms with Gasteiger partial charge in [-0.15, -0.1) is 5.10 Å². The molecular weight excluding hydrogens is 448 g/mol. The molecular formula is C25H34N6O4. The van der Waals surface area contributed by atoms with Crippen molar-refractivity contribution in [1.29, 1.82) is 0 Å². The van der Waals surface area contributed by atoms with E-state index in [0.29, 0.717) is 32.5 Å². The number of hydrogen-bond acceptors (Lipinski definition) is 5. The van der Waals surface area contributed by atoms with Crippen LogP contribution in [0.15, 0.2) is 30.5 Å². The number of urea groups is 1. The Bertz CT molecular complexity index is 1030. The summed E-state index contributed by atoms with van der Waals surface area (Å²) in [4.78, 5) is 40.4. The number of aromatic carboxylic acids is 1. The number of carboxylic acid groups (broad SMARTS) is 1. The second-order valence-electron chi connectivity index (χ2n) is 9.32. The zero-order chi connectivity index (χ0) is 24.8. The first-order chi connectivity index (χ1) is 17.0. The van der Waals surface area contributed by atoms with Crippen LogP contribution in [0, 0.1) is 5.92 Å². The molecule has 2 aromatic rings. The van der Waals surface area contributed by atoms with E-state index in [4.69, 9.17) is 5.11 Å². The number of rotatable bonds is 7. The van der Waals surface area contributed by atoms with Gasteiger partial charge in [-0.05, 0) is 76.1 Å². The highest BCUT2D eigenvalue weighted by Crippen LogP contribution is 2.27. The largest absolute Gasteiger partial charge is 0.478 e. The molecule has 2 saturated heterocycles. The third-order valence-corrected chi connectivity index (χ3v) is 7.02. The molecule has 1 aromatic carbocycles. The van der Waals surface area contributed by atoms with Crippen LogP contribution in [0.2, 0.25) is 0 Å². The molecule has 3 amide bonds. The summed E-state index contributed by atoms with van der Waals surface area (Å²) in [6.45, 7) is 4.55. The van der Waals surface area contributed by atoms with E-state index in [2.05, 4.69) is 20.5 Å². The van der Waals surface area contributed by atoms with Crippen LogP contribution in [-0.4, -0.2) is 80.0 Å². The lowest BCUT2D eigenvalue weighted by molar-refractivity contribution is -0.140. The molecule has 188 valence electrons. The van der Waals surface area contributed by atoms with Gasteiger partial charge in [0.05, 0.1) is 23.1 Å². The van der Waals surface area contributed by atoms with Gasteiger partial charge in [-0.25, -0.2) is 14.3 Å². The number of piperidine rings is 2. The fourth-order valence-corrected chi connectivity index (χ4v) is 5.03. The van der Waals surface area contributed by atoms with E-state index in [-0.39, 0.29) is 29.5 Å². The molecule has 2 N–H and O–H groups in total. The minimum atomic E-state index is -0.963. The number of hydrogen-bond donors (Lipinski definition) is 2. The number of benzene rings is 1. The number of nitrogens with one attached hydrogen (secondary N) is 1. The van der Waals surface area contributed by atoms with Crippen LogP contribution in [0.4, 0.5) is 4.79 Å². The van der Waals surface area contributed by atoms with Gasteiger partial charge in [-0.3, -0.25) is 4.79 Å². The molecule has 0 bridgehead atoms. The monoisotopic (exact) mass is 482 g/mol. The summed E-state index contributed by atoms with van der Waals surface area (Å²) in [5, 5.41) is 20.4. The third-order valence-electron chi connectivity index (χ3n) is 7.02. The number of nitrogens with zero attached hydrogens (tertiary/aromatic N) is 5. The van der Waals surface area contributed by atoms with Gasteiger partial charge in [0.2, 0.25) is 5.91 Å². The van der Waals surface area contributed by atoms with Crippen LogP contribution in [0.1, 0.15) is 61.5 Å². The van der Waals surface area contributed by atoms with Crippen molar-refractivity contribution < 1.29 is 19.5 Å². The molecule has 0 radical (unpaired) electrons. The molecule has 2 aliphatic heterocycles. The normalized spacial score (nSPS) is 18.9. The summed E-state index contributed by atoms with van der Waals surface area (Å²) in [6, 6.07) is 6.66. The van der Waals surface area contributed by atoms with Crippen molar-refractivity contribution in [1.82, 2.24) is 30.1 Å². The molecule has 0 saturated carbocycles. The van der Waals surface area contributed by atoms with E-state index >= 15 is 0 Å². The van der Waals surface area contributed by atoms with E-state index in [1.807, 2.05) is 13.1 Å². The molecule has 3 heterocycles. The van der Waals surface area contributed by atoms with Crippen molar-refractivity contribution in [3.05, 3.63) is 41.7 Å². The summed E-state index contributed by atoms with van der Waals surface area (Å²) in [5.41, 5.74) is 1.83. The zero-order valence-corrected chi connectivity index (χ0v) is 20.2. The minimum absolute atomic E-state index is 0.0177. The van der Waals surface area contributed by atoms with Gasteiger partial charge in [-0.2, -0.15) is 0 Å². The van der Waals surface area contributed by atoms with Crippen LogP contribution >= 0.6 is 0 Å². The van der Waals surface area contributed by atoms with Gasteiger partial charge in [0.25, 0.3) is 0 Å². The van der Waals surface area contributed by atoms with Crippen molar-refractivity contribution >= 4 is 17.9 Å². The molecule has 1 unspecified atom stereocenters. The maximum Gasteiger partial charge on any atom is 0.335 e. The molecule has 1 aromatic heterocycles. The Kier molecular flexibility index (Phi) is 7.99. The molecule has 35 heavy (non-hydrogen) atoms. The van der Waals surface area contributed by atoms with Crippen LogP contribution < -0.4 is 5.32 Å². The summed E-state index contributed by atoms with van der Waals surface area (Å²) in [5.74, 6) is -0.752. The Balaban J connectivity index is 1.32. The van der Waals surface area contributed by atoms with Crippen molar-refractivity contribution in [3.63, 3.8) is 0 Å². The van der Waals surface area contributed by atoms with E-state index in [1.165, 1.54) is 0 Å². The first-order valence-electron chi connectivity index (χ1n) is 12.5. The maximum absolute atomic E-state index is 13.4. The van der Waals surface area contributed by atoms with Gasteiger partial charge in [0.1, 0.15) is 0 Å². The highest BCUT2D eigenvalue weighted by atomic mass is 16.4. The van der Waals surface area contributed by atoms with Gasteiger partial charge in [0, 0.05) is 38.1 Å². The second-order valence-corrected chi connectivity index (χ2v) is 9.32. The lowest BCUT2D eigenvalue weighted by Gasteiger charge is -2.40. The summed E-state index contributed by atoms with van der Waals surface area (Å²) in [7, 11) is 0. The third kappa shape index (κ3) is 5.98. The molecule has 1 atom stereocenters. The summed E-state index contributed by atoms with van der Waals surface area (Å²) < 4.78 is 1.65. The van der Waals surface area contributed by atoms with Gasteiger partial charge < -0.3 is 20.2 Å². The number of likely N-dealkylation sites (tertiary alicyclic amines) is 2. The van der Waals surface area contributed by atoms with Crippen LogP contribution in [-0.2, 0) is 11.2 Å². The fourth-order valence-electron chi connectivity index (χ4n) is 5.03. The Labute approximate surface area is 205 Å². The average Bonchev–Trinajstić information content (AvgIpc) is 3.36. The van der Waals surface area contributed by atoms with Crippen molar-refractivity contribution in [2.75, 3.05) is 26.2 Å². The number of carbonyl (C=O) groups excluding carboxylic acids is 2. The van der Waals surface area contributed by atoms with Gasteiger partial charge in [0.15, 0.2) is 0 Å². The first kappa shape index (κ1) is 24.7. The van der Waals surface area contributed by atoms with Crippen molar-refractivity contribution in [2.45, 2.75) is 57.9 Å². The number of carboxylic acids is 1. The number of aromatic nitrogens is 3. The SMILES string of the molecule is CCNC(=O)N1CCC(C(=O)N2CCCCC2CCc2cn(-c3ccc(C(=O)O)cc3)nn2)CC1. The zero-order valence-electron chi connectivity index (χ0n) is 20.2. The molecule has 4 rings (SSSR count). The van der Waals surface area contributed by atoms with Crippen molar-refractivity contribution in [2.24, 2.45) is 5.92 Å². The lowest BCUT2D eigenvalue weighted by atomic mass is 9.91. The smallest absolute Gasteiger partial charge is 0.335 e. The Morgan fingerprint density at radius 2 is 1.80 bits per heavy atom. The molecule has 10 nitrogen and oxygen atoms in total. The molecule has 2 aliphatic rings. The van der Waals surface area contributed by atoms with Gasteiger partial charge in [-0.1, -0.05) is 5.21 Å². The van der Waals surface area contributed by atoms with Crippen LogP contribution in [0.5, 0.6) is 0 Å². The van der Waals surface area contributed by atoms with Gasteiger partial charge >= 0.3 is 12.0 Å². The highest BCUT2D eigenvalue weighted by molar-refractivity contribution is 5.87. The Morgan fingerprint density at radius 1 is 1.06 bits per heavy atom. The molecule has 10 heteroatoms. The molecule has 0 spiro atoms. The first-order valence-corrected chi connectivity index (χ1v) is 12.5. The van der Waals surface area contributed by atoms with Crippen molar-refractivity contribution in [3.8, 4) is 5.69 Å². The van der Waals surface area contributed by atoms with Crippen LogP contribution in [0.25, 0.3) is 5.69 Å². The predicted octanol–water partition coefficient (Wildman–Crippen LogP) is 2.72. The summed E-state index contributed by atoms with van der Waals surface area (Å²) >= 11 is 0. The minimum Gasteiger partial charge on any atom is -0.478 e. The lowest BCUT2D eigenvalue weighted by Crippen LogP contribution is -2.50. The quantitative estimate of drug-likeness (QED) is 0.626. The molecule has 0 aliphatic carbocycles. The standard InChI is InChI=1S/C25H34N6O4/c1-2-26-25(35)29-15-12-18(13-16-29)23(32)30-14-4-3-5-21(30)11-8-20-17-31(28-27-20)22-9-6-19(7-10-22)24(33)34/h6-7,9-10,17-18,21H,2-5,8,11-16H2,1H3,(H,26,35)(H,33,34).